The third-order valence-electron chi connectivity index (χ3n) is 3.05. The zero-order valence-electron chi connectivity index (χ0n) is 11.2. The molecule has 3 nitrogen and oxygen atoms in total. The molecule has 0 fully saturated rings. The molecule has 0 aliphatic carbocycles. The standard InChI is InChI=1S/C16H13BrO3S/c17-12-2-5-16(11(8-12)10-18)21-13-3-4-14-15(9-13)20-7-1-6-19-14/h2-5,8-10H,1,6-7H2. The van der Waals surface area contributed by atoms with Gasteiger partial charge in [-0.2, -0.15) is 0 Å². The highest BCUT2D eigenvalue weighted by Gasteiger charge is 2.12. The summed E-state index contributed by atoms with van der Waals surface area (Å²) < 4.78 is 12.2. The van der Waals surface area contributed by atoms with Gasteiger partial charge in [-0.3, -0.25) is 4.79 Å². The second kappa shape index (κ2) is 6.54. The Hall–Kier alpha value is -1.46. The molecule has 5 heteroatoms. The van der Waals surface area contributed by atoms with E-state index in [0.29, 0.717) is 18.8 Å². The van der Waals surface area contributed by atoms with Gasteiger partial charge < -0.3 is 9.47 Å². The van der Waals surface area contributed by atoms with Crippen molar-refractivity contribution in [1.29, 1.82) is 0 Å². The molecule has 0 atom stereocenters. The number of carbonyl (C=O) groups excluding carboxylic acids is 1. The van der Waals surface area contributed by atoms with Crippen molar-refractivity contribution >= 4 is 34.0 Å². The summed E-state index contributed by atoms with van der Waals surface area (Å²) in [6.07, 6.45) is 1.76. The highest BCUT2D eigenvalue weighted by Crippen LogP contribution is 2.37. The molecule has 2 aromatic carbocycles. The monoisotopic (exact) mass is 364 g/mol. The summed E-state index contributed by atoms with van der Waals surface area (Å²) in [6, 6.07) is 11.5. The Morgan fingerprint density at radius 1 is 1.05 bits per heavy atom. The van der Waals surface area contributed by atoms with Crippen molar-refractivity contribution in [2.75, 3.05) is 13.2 Å². The lowest BCUT2D eigenvalue weighted by atomic mass is 10.2. The van der Waals surface area contributed by atoms with Crippen LogP contribution in [0.3, 0.4) is 0 Å². The molecule has 3 rings (SSSR count). The van der Waals surface area contributed by atoms with Crippen LogP contribution in [0.15, 0.2) is 50.7 Å². The number of hydrogen-bond acceptors (Lipinski definition) is 4. The molecule has 1 aliphatic heterocycles. The highest BCUT2D eigenvalue weighted by atomic mass is 79.9. The van der Waals surface area contributed by atoms with E-state index >= 15 is 0 Å². The van der Waals surface area contributed by atoms with Crippen molar-refractivity contribution in [3.8, 4) is 11.5 Å². The SMILES string of the molecule is O=Cc1cc(Br)ccc1Sc1ccc2c(c1)OCCCO2. The molecule has 0 unspecified atom stereocenters. The van der Waals surface area contributed by atoms with Crippen LogP contribution in [-0.2, 0) is 0 Å². The van der Waals surface area contributed by atoms with Gasteiger partial charge in [0, 0.05) is 26.2 Å². The lowest BCUT2D eigenvalue weighted by Gasteiger charge is -2.10. The number of halogens is 1. The van der Waals surface area contributed by atoms with Gasteiger partial charge in [0.2, 0.25) is 0 Å². The smallest absolute Gasteiger partial charge is 0.162 e. The Morgan fingerprint density at radius 3 is 2.67 bits per heavy atom. The van der Waals surface area contributed by atoms with Gasteiger partial charge in [0.05, 0.1) is 13.2 Å². The maximum atomic E-state index is 11.2. The number of hydrogen-bond donors (Lipinski definition) is 0. The van der Waals surface area contributed by atoms with Crippen LogP contribution in [0.25, 0.3) is 0 Å². The lowest BCUT2D eigenvalue weighted by molar-refractivity contribution is 0.112. The van der Waals surface area contributed by atoms with Crippen LogP contribution in [0.1, 0.15) is 16.8 Å². The largest absolute Gasteiger partial charge is 0.490 e. The van der Waals surface area contributed by atoms with Crippen molar-refractivity contribution in [2.24, 2.45) is 0 Å². The van der Waals surface area contributed by atoms with Crippen LogP contribution in [0.2, 0.25) is 0 Å². The highest BCUT2D eigenvalue weighted by molar-refractivity contribution is 9.10. The van der Waals surface area contributed by atoms with Gasteiger partial charge in [-0.15, -0.1) is 0 Å². The molecule has 0 saturated carbocycles. The second-order valence-corrected chi connectivity index (χ2v) is 6.59. The molecule has 1 aliphatic rings. The Morgan fingerprint density at radius 2 is 1.86 bits per heavy atom. The van der Waals surface area contributed by atoms with Crippen LogP contribution in [0.5, 0.6) is 11.5 Å². The van der Waals surface area contributed by atoms with E-state index in [1.54, 1.807) is 0 Å². The number of rotatable bonds is 3. The molecule has 0 amide bonds. The number of fused-ring (bicyclic) bond motifs is 1. The average Bonchev–Trinajstić information content (AvgIpc) is 2.74. The third-order valence-corrected chi connectivity index (χ3v) is 4.62. The van der Waals surface area contributed by atoms with Crippen molar-refractivity contribution in [3.05, 3.63) is 46.4 Å². The fourth-order valence-corrected chi connectivity index (χ4v) is 3.33. The van der Waals surface area contributed by atoms with Crippen molar-refractivity contribution in [1.82, 2.24) is 0 Å². The topological polar surface area (TPSA) is 35.5 Å². The number of aldehydes is 1. The Labute approximate surface area is 135 Å². The van der Waals surface area contributed by atoms with E-state index in [-0.39, 0.29) is 0 Å². The molecule has 21 heavy (non-hydrogen) atoms. The minimum absolute atomic E-state index is 0.666. The van der Waals surface area contributed by atoms with E-state index in [1.165, 1.54) is 11.8 Å². The van der Waals surface area contributed by atoms with Gasteiger partial charge in [0.15, 0.2) is 17.8 Å². The minimum Gasteiger partial charge on any atom is -0.490 e. The summed E-state index contributed by atoms with van der Waals surface area (Å²) in [5.41, 5.74) is 0.668. The van der Waals surface area contributed by atoms with Gasteiger partial charge in [-0.1, -0.05) is 27.7 Å². The molecular weight excluding hydrogens is 352 g/mol. The van der Waals surface area contributed by atoms with E-state index in [1.807, 2.05) is 36.4 Å². The van der Waals surface area contributed by atoms with Crippen LogP contribution >= 0.6 is 27.7 Å². The summed E-state index contributed by atoms with van der Waals surface area (Å²) in [5, 5.41) is 0. The van der Waals surface area contributed by atoms with Crippen LogP contribution in [-0.4, -0.2) is 19.5 Å². The van der Waals surface area contributed by atoms with Crippen LogP contribution in [0, 0.1) is 0 Å². The molecule has 108 valence electrons. The molecule has 0 bridgehead atoms. The molecule has 0 aromatic heterocycles. The molecule has 0 N–H and O–H groups in total. The van der Waals surface area contributed by atoms with Crippen LogP contribution < -0.4 is 9.47 Å². The van der Waals surface area contributed by atoms with E-state index in [4.69, 9.17) is 9.47 Å². The first-order valence-corrected chi connectivity index (χ1v) is 8.19. The second-order valence-electron chi connectivity index (χ2n) is 4.56. The average molecular weight is 365 g/mol. The molecular formula is C16H13BrO3S. The summed E-state index contributed by atoms with van der Waals surface area (Å²) >= 11 is 4.92. The summed E-state index contributed by atoms with van der Waals surface area (Å²) in [6.45, 7) is 1.35. The van der Waals surface area contributed by atoms with Crippen molar-refractivity contribution in [3.63, 3.8) is 0 Å². The van der Waals surface area contributed by atoms with E-state index in [9.17, 15) is 4.79 Å². The fraction of sp³-hybridized carbons (Fsp3) is 0.188. The first-order chi connectivity index (χ1) is 10.3. The van der Waals surface area contributed by atoms with E-state index in [2.05, 4.69) is 15.9 Å². The Kier molecular flexibility index (Phi) is 4.51. The first-order valence-electron chi connectivity index (χ1n) is 6.58. The Balaban J connectivity index is 1.88. The molecule has 1 heterocycles. The lowest BCUT2D eigenvalue weighted by Crippen LogP contribution is -1.97. The Bertz CT molecular complexity index is 673. The predicted octanol–water partition coefficient (Wildman–Crippen LogP) is 4.57. The van der Waals surface area contributed by atoms with Crippen molar-refractivity contribution < 1.29 is 14.3 Å². The van der Waals surface area contributed by atoms with Gasteiger partial charge in [-0.05, 0) is 36.4 Å². The molecule has 0 spiro atoms. The zero-order chi connectivity index (χ0) is 14.7. The summed E-state index contributed by atoms with van der Waals surface area (Å²) in [4.78, 5) is 13.1. The number of ether oxygens (including phenoxy) is 2. The molecule has 0 radical (unpaired) electrons. The van der Waals surface area contributed by atoms with Gasteiger partial charge >= 0.3 is 0 Å². The van der Waals surface area contributed by atoms with Crippen LogP contribution in [0.4, 0.5) is 0 Å². The van der Waals surface area contributed by atoms with E-state index in [0.717, 1.165) is 38.5 Å². The number of carbonyl (C=O) groups is 1. The summed E-state index contributed by atoms with van der Waals surface area (Å²) in [7, 11) is 0. The maximum absolute atomic E-state index is 11.2. The van der Waals surface area contributed by atoms with Gasteiger partial charge in [0.25, 0.3) is 0 Å². The number of benzene rings is 2. The zero-order valence-corrected chi connectivity index (χ0v) is 13.6. The maximum Gasteiger partial charge on any atom is 0.162 e. The summed E-state index contributed by atoms with van der Waals surface area (Å²) in [5.74, 6) is 1.55. The van der Waals surface area contributed by atoms with Crippen molar-refractivity contribution in [2.45, 2.75) is 16.2 Å². The first kappa shape index (κ1) is 14.5. The quantitative estimate of drug-likeness (QED) is 0.747. The predicted molar refractivity (Wildman–Crippen MR) is 85.7 cm³/mol. The fourth-order valence-electron chi connectivity index (χ4n) is 2.04. The molecule has 0 saturated heterocycles. The third kappa shape index (κ3) is 3.41. The normalized spacial score (nSPS) is 13.6. The van der Waals surface area contributed by atoms with E-state index < -0.39 is 0 Å². The van der Waals surface area contributed by atoms with Gasteiger partial charge in [0.1, 0.15) is 0 Å². The molecule has 2 aromatic rings. The minimum atomic E-state index is 0.666. The van der Waals surface area contributed by atoms with Gasteiger partial charge in [-0.25, -0.2) is 0 Å².